The van der Waals surface area contributed by atoms with E-state index in [1.165, 1.54) is 7.11 Å². The molecule has 100 valence electrons. The molecule has 0 radical (unpaired) electrons. The molecule has 4 nitrogen and oxygen atoms in total. The van der Waals surface area contributed by atoms with E-state index in [1.807, 2.05) is 24.3 Å². The monoisotopic (exact) mass is 251 g/mol. The molecule has 0 aliphatic heterocycles. The summed E-state index contributed by atoms with van der Waals surface area (Å²) in [4.78, 5) is 11.4. The van der Waals surface area contributed by atoms with Crippen LogP contribution in [0.15, 0.2) is 24.3 Å². The van der Waals surface area contributed by atoms with Gasteiger partial charge in [-0.15, -0.1) is 0 Å². The molecule has 1 unspecified atom stereocenters. The summed E-state index contributed by atoms with van der Waals surface area (Å²) in [7, 11) is 3.04. The van der Waals surface area contributed by atoms with Crippen molar-refractivity contribution in [2.45, 2.75) is 25.8 Å². The Morgan fingerprint density at radius 2 is 2.17 bits per heavy atom. The lowest BCUT2D eigenvalue weighted by Crippen LogP contribution is -2.25. The van der Waals surface area contributed by atoms with E-state index >= 15 is 0 Å². The zero-order valence-corrected chi connectivity index (χ0v) is 11.2. The molecular weight excluding hydrogens is 230 g/mol. The van der Waals surface area contributed by atoms with Crippen molar-refractivity contribution in [1.82, 2.24) is 5.32 Å². The van der Waals surface area contributed by atoms with Gasteiger partial charge in [0.15, 0.2) is 0 Å². The Hall–Kier alpha value is -1.55. The summed E-state index contributed by atoms with van der Waals surface area (Å²) >= 11 is 0. The number of hydrogen-bond donors (Lipinski definition) is 1. The Morgan fingerprint density at radius 3 is 2.78 bits per heavy atom. The summed E-state index contributed by atoms with van der Waals surface area (Å²) in [5, 5.41) is 3.35. The van der Waals surface area contributed by atoms with Crippen molar-refractivity contribution in [3.63, 3.8) is 0 Å². The molecule has 0 saturated carbocycles. The number of rotatable bonds is 7. The number of carbonyl (C=O) groups excluding carboxylic acids is 1. The van der Waals surface area contributed by atoms with Crippen LogP contribution in [0.1, 0.15) is 31.4 Å². The largest absolute Gasteiger partial charge is 0.497 e. The summed E-state index contributed by atoms with van der Waals surface area (Å²) in [5.41, 5.74) is 1.04. The number of ether oxygens (including phenoxy) is 2. The van der Waals surface area contributed by atoms with Crippen LogP contribution < -0.4 is 10.1 Å². The maximum Gasteiger partial charge on any atom is 0.307 e. The highest BCUT2D eigenvalue weighted by Crippen LogP contribution is 2.22. The molecule has 0 saturated heterocycles. The van der Waals surface area contributed by atoms with Crippen LogP contribution in [0.4, 0.5) is 0 Å². The summed E-state index contributed by atoms with van der Waals surface area (Å²) in [5.74, 6) is 0.576. The third-order valence-electron chi connectivity index (χ3n) is 2.74. The first-order valence-corrected chi connectivity index (χ1v) is 6.15. The summed E-state index contributed by atoms with van der Waals surface area (Å²) in [6, 6.07) is 7.70. The molecule has 0 aliphatic carbocycles. The second-order valence-electron chi connectivity index (χ2n) is 4.06. The lowest BCUT2D eigenvalue weighted by atomic mass is 10.0. The molecule has 1 aromatic carbocycles. The third-order valence-corrected chi connectivity index (χ3v) is 2.74. The number of methoxy groups -OCH3 is 2. The van der Waals surface area contributed by atoms with Crippen molar-refractivity contribution in [3.05, 3.63) is 29.8 Å². The van der Waals surface area contributed by atoms with Crippen LogP contribution >= 0.6 is 0 Å². The molecule has 1 aromatic rings. The van der Waals surface area contributed by atoms with Gasteiger partial charge in [0.1, 0.15) is 5.75 Å². The molecule has 1 atom stereocenters. The highest BCUT2D eigenvalue weighted by Gasteiger charge is 2.16. The molecular formula is C14H21NO3. The molecule has 0 heterocycles. The van der Waals surface area contributed by atoms with Gasteiger partial charge < -0.3 is 14.8 Å². The summed E-state index contributed by atoms with van der Waals surface area (Å²) in [6.07, 6.45) is 1.34. The molecule has 1 rings (SSSR count). The van der Waals surface area contributed by atoms with Crippen molar-refractivity contribution in [2.24, 2.45) is 0 Å². The fourth-order valence-corrected chi connectivity index (χ4v) is 1.73. The molecule has 4 heteroatoms. The topological polar surface area (TPSA) is 47.6 Å². The van der Waals surface area contributed by atoms with E-state index in [0.717, 1.165) is 24.3 Å². The molecule has 0 amide bonds. The van der Waals surface area contributed by atoms with Crippen LogP contribution in [0.5, 0.6) is 5.75 Å². The van der Waals surface area contributed by atoms with E-state index in [1.54, 1.807) is 7.11 Å². The smallest absolute Gasteiger partial charge is 0.307 e. The van der Waals surface area contributed by atoms with Gasteiger partial charge in [-0.25, -0.2) is 0 Å². The zero-order chi connectivity index (χ0) is 13.4. The van der Waals surface area contributed by atoms with E-state index in [2.05, 4.69) is 12.2 Å². The van der Waals surface area contributed by atoms with Crippen molar-refractivity contribution >= 4 is 5.97 Å². The van der Waals surface area contributed by atoms with E-state index in [-0.39, 0.29) is 12.0 Å². The van der Waals surface area contributed by atoms with E-state index < -0.39 is 0 Å². The van der Waals surface area contributed by atoms with E-state index in [0.29, 0.717) is 6.42 Å². The molecule has 0 spiro atoms. The predicted octanol–water partition coefficient (Wildman–Crippen LogP) is 2.30. The van der Waals surface area contributed by atoms with Gasteiger partial charge in [0, 0.05) is 6.04 Å². The maximum absolute atomic E-state index is 11.4. The number of hydrogen-bond acceptors (Lipinski definition) is 4. The standard InChI is InChI=1S/C14H21NO3/c1-4-8-15-13(10-14(16)18-3)11-6-5-7-12(9-11)17-2/h5-7,9,13,15H,4,8,10H2,1-3H3. The minimum Gasteiger partial charge on any atom is -0.497 e. The molecule has 1 N–H and O–H groups in total. The molecule has 0 fully saturated rings. The Labute approximate surface area is 108 Å². The number of carbonyl (C=O) groups is 1. The number of benzene rings is 1. The van der Waals surface area contributed by atoms with Crippen molar-refractivity contribution in [1.29, 1.82) is 0 Å². The molecule has 0 aromatic heterocycles. The second kappa shape index (κ2) is 7.71. The maximum atomic E-state index is 11.4. The second-order valence-corrected chi connectivity index (χ2v) is 4.06. The van der Waals surface area contributed by atoms with Crippen LogP contribution in [0.2, 0.25) is 0 Å². The fourth-order valence-electron chi connectivity index (χ4n) is 1.73. The summed E-state index contributed by atoms with van der Waals surface area (Å²) < 4.78 is 9.93. The summed E-state index contributed by atoms with van der Waals surface area (Å²) in [6.45, 7) is 2.95. The minimum atomic E-state index is -0.216. The molecule has 18 heavy (non-hydrogen) atoms. The van der Waals surface area contributed by atoms with E-state index in [4.69, 9.17) is 9.47 Å². The van der Waals surface area contributed by atoms with Crippen LogP contribution in [0.3, 0.4) is 0 Å². The van der Waals surface area contributed by atoms with E-state index in [9.17, 15) is 4.79 Å². The van der Waals surface area contributed by atoms with Gasteiger partial charge in [-0.05, 0) is 30.7 Å². The van der Waals surface area contributed by atoms with Gasteiger partial charge >= 0.3 is 5.97 Å². The van der Waals surface area contributed by atoms with Crippen LogP contribution in [-0.2, 0) is 9.53 Å². The number of nitrogens with one attached hydrogen (secondary N) is 1. The fraction of sp³-hybridized carbons (Fsp3) is 0.500. The Balaban J connectivity index is 2.82. The van der Waals surface area contributed by atoms with Gasteiger partial charge in [-0.1, -0.05) is 19.1 Å². The average molecular weight is 251 g/mol. The zero-order valence-electron chi connectivity index (χ0n) is 11.2. The first kappa shape index (κ1) is 14.5. The van der Waals surface area contributed by atoms with Gasteiger partial charge in [0.2, 0.25) is 0 Å². The van der Waals surface area contributed by atoms with Crippen molar-refractivity contribution in [2.75, 3.05) is 20.8 Å². The Bertz CT molecular complexity index is 379. The minimum absolute atomic E-state index is 0.0347. The average Bonchev–Trinajstić information content (AvgIpc) is 2.43. The first-order chi connectivity index (χ1) is 8.71. The Morgan fingerprint density at radius 1 is 1.39 bits per heavy atom. The van der Waals surface area contributed by atoms with Gasteiger partial charge in [0.25, 0.3) is 0 Å². The third kappa shape index (κ3) is 4.37. The quantitative estimate of drug-likeness (QED) is 0.755. The lowest BCUT2D eigenvalue weighted by Gasteiger charge is -2.18. The van der Waals surface area contributed by atoms with Crippen LogP contribution in [0.25, 0.3) is 0 Å². The molecule has 0 bridgehead atoms. The number of esters is 1. The van der Waals surface area contributed by atoms with Gasteiger partial charge in [0.05, 0.1) is 20.6 Å². The van der Waals surface area contributed by atoms with Crippen LogP contribution in [0, 0.1) is 0 Å². The first-order valence-electron chi connectivity index (χ1n) is 6.15. The van der Waals surface area contributed by atoms with Crippen LogP contribution in [-0.4, -0.2) is 26.7 Å². The van der Waals surface area contributed by atoms with Crippen molar-refractivity contribution < 1.29 is 14.3 Å². The molecule has 0 aliphatic rings. The van der Waals surface area contributed by atoms with Crippen molar-refractivity contribution in [3.8, 4) is 5.75 Å². The van der Waals surface area contributed by atoms with Gasteiger partial charge in [-0.3, -0.25) is 4.79 Å². The predicted molar refractivity (Wildman–Crippen MR) is 70.7 cm³/mol. The van der Waals surface area contributed by atoms with Gasteiger partial charge in [-0.2, -0.15) is 0 Å². The normalized spacial score (nSPS) is 11.9. The highest BCUT2D eigenvalue weighted by atomic mass is 16.5. The lowest BCUT2D eigenvalue weighted by molar-refractivity contribution is -0.141. The highest BCUT2D eigenvalue weighted by molar-refractivity contribution is 5.70. The Kier molecular flexibility index (Phi) is 6.22. The SMILES string of the molecule is CCCNC(CC(=O)OC)c1cccc(OC)c1.